The van der Waals surface area contributed by atoms with E-state index in [1.807, 2.05) is 6.92 Å². The first-order chi connectivity index (χ1) is 8.72. The summed E-state index contributed by atoms with van der Waals surface area (Å²) in [5.74, 6) is 0.961. The number of rotatable bonds is 9. The summed E-state index contributed by atoms with van der Waals surface area (Å²) >= 11 is 1.79. The Kier molecular flexibility index (Phi) is 8.09. The van der Waals surface area contributed by atoms with Gasteiger partial charge in [-0.15, -0.1) is 11.8 Å². The van der Waals surface area contributed by atoms with Crippen molar-refractivity contribution < 1.29 is 9.84 Å². The molecule has 1 rings (SSSR count). The number of aliphatic hydroxyl groups is 1. The van der Waals surface area contributed by atoms with Crippen molar-refractivity contribution in [3.8, 4) is 0 Å². The molecule has 0 aliphatic carbocycles. The molecule has 0 radical (unpaired) electrons. The van der Waals surface area contributed by atoms with Crippen molar-refractivity contribution in [2.45, 2.75) is 30.9 Å². The van der Waals surface area contributed by atoms with Crippen molar-refractivity contribution in [3.63, 3.8) is 0 Å². The maximum Gasteiger partial charge on any atom is 0.0587 e. The second kappa shape index (κ2) is 9.39. The zero-order chi connectivity index (χ0) is 13.2. The van der Waals surface area contributed by atoms with E-state index in [4.69, 9.17) is 4.74 Å². The van der Waals surface area contributed by atoms with Gasteiger partial charge in [-0.3, -0.25) is 0 Å². The standard InChI is InChI=1S/C14H23NO2S/c1-12(16)7-10-18-14-5-3-13(4-6-14)11-15-8-9-17-2/h3-6,12,15-16H,7-11H2,1-2H3. The van der Waals surface area contributed by atoms with Crippen LogP contribution < -0.4 is 5.32 Å². The molecule has 2 N–H and O–H groups in total. The molecule has 0 aromatic heterocycles. The number of ether oxygens (including phenoxy) is 1. The molecule has 0 saturated carbocycles. The monoisotopic (exact) mass is 269 g/mol. The van der Waals surface area contributed by atoms with E-state index in [1.165, 1.54) is 10.5 Å². The fourth-order valence-corrected chi connectivity index (χ4v) is 2.48. The lowest BCUT2D eigenvalue weighted by molar-refractivity contribution is 0.192. The van der Waals surface area contributed by atoms with Gasteiger partial charge in [0, 0.05) is 30.8 Å². The Bertz CT molecular complexity index is 314. The molecule has 1 aromatic rings. The Balaban J connectivity index is 2.24. The molecule has 4 heteroatoms. The minimum absolute atomic E-state index is 0.207. The highest BCUT2D eigenvalue weighted by Crippen LogP contribution is 2.19. The molecule has 0 fully saturated rings. The van der Waals surface area contributed by atoms with E-state index in [1.54, 1.807) is 18.9 Å². The first-order valence-corrected chi connectivity index (χ1v) is 7.30. The largest absolute Gasteiger partial charge is 0.393 e. The Morgan fingerprint density at radius 3 is 2.67 bits per heavy atom. The summed E-state index contributed by atoms with van der Waals surface area (Å²) in [5, 5.41) is 12.5. The topological polar surface area (TPSA) is 41.5 Å². The third kappa shape index (κ3) is 7.01. The number of benzene rings is 1. The normalized spacial score (nSPS) is 12.6. The average molecular weight is 269 g/mol. The number of nitrogens with one attached hydrogen (secondary N) is 1. The molecule has 18 heavy (non-hydrogen) atoms. The van der Waals surface area contributed by atoms with Crippen LogP contribution in [0.15, 0.2) is 29.2 Å². The smallest absolute Gasteiger partial charge is 0.0587 e. The van der Waals surface area contributed by atoms with E-state index in [9.17, 15) is 5.11 Å². The molecule has 3 nitrogen and oxygen atoms in total. The van der Waals surface area contributed by atoms with E-state index in [-0.39, 0.29) is 6.10 Å². The number of hydrogen-bond donors (Lipinski definition) is 2. The Morgan fingerprint density at radius 2 is 2.06 bits per heavy atom. The van der Waals surface area contributed by atoms with Crippen molar-refractivity contribution in [1.82, 2.24) is 5.32 Å². The van der Waals surface area contributed by atoms with Crippen LogP contribution in [0.5, 0.6) is 0 Å². The molecule has 102 valence electrons. The van der Waals surface area contributed by atoms with Crippen molar-refractivity contribution in [1.29, 1.82) is 0 Å². The van der Waals surface area contributed by atoms with E-state index in [2.05, 4.69) is 29.6 Å². The van der Waals surface area contributed by atoms with Crippen LogP contribution in [0, 0.1) is 0 Å². The van der Waals surface area contributed by atoms with Crippen LogP contribution >= 0.6 is 11.8 Å². The molecule has 0 aliphatic rings. The minimum Gasteiger partial charge on any atom is -0.393 e. The van der Waals surface area contributed by atoms with Crippen LogP contribution in [0.4, 0.5) is 0 Å². The quantitative estimate of drug-likeness (QED) is 0.533. The van der Waals surface area contributed by atoms with E-state index >= 15 is 0 Å². The van der Waals surface area contributed by atoms with Gasteiger partial charge >= 0.3 is 0 Å². The molecular weight excluding hydrogens is 246 g/mol. The number of methoxy groups -OCH3 is 1. The number of aliphatic hydroxyl groups excluding tert-OH is 1. The van der Waals surface area contributed by atoms with E-state index < -0.39 is 0 Å². The molecule has 0 bridgehead atoms. The zero-order valence-corrected chi connectivity index (χ0v) is 12.0. The lowest BCUT2D eigenvalue weighted by Crippen LogP contribution is -2.18. The van der Waals surface area contributed by atoms with Crippen molar-refractivity contribution in [2.24, 2.45) is 0 Å². The van der Waals surface area contributed by atoms with Crippen molar-refractivity contribution >= 4 is 11.8 Å². The average Bonchev–Trinajstić information content (AvgIpc) is 2.36. The summed E-state index contributed by atoms with van der Waals surface area (Å²) in [5.41, 5.74) is 1.28. The molecule has 1 atom stereocenters. The Hall–Kier alpha value is -0.550. The first kappa shape index (κ1) is 15.5. The maximum absolute atomic E-state index is 9.18. The fourth-order valence-electron chi connectivity index (χ4n) is 1.46. The maximum atomic E-state index is 9.18. The van der Waals surface area contributed by atoms with Gasteiger partial charge in [-0.25, -0.2) is 0 Å². The summed E-state index contributed by atoms with van der Waals surface area (Å²) in [6.07, 6.45) is 0.632. The second-order valence-corrected chi connectivity index (χ2v) is 5.47. The predicted octanol–water partition coefficient (Wildman–Crippen LogP) is 2.29. The van der Waals surface area contributed by atoms with Gasteiger partial charge in [0.05, 0.1) is 12.7 Å². The van der Waals surface area contributed by atoms with Crippen molar-refractivity contribution in [2.75, 3.05) is 26.0 Å². The summed E-state index contributed by atoms with van der Waals surface area (Å²) in [7, 11) is 1.71. The van der Waals surface area contributed by atoms with E-state index in [0.29, 0.717) is 0 Å². The highest BCUT2D eigenvalue weighted by molar-refractivity contribution is 7.99. The summed E-state index contributed by atoms with van der Waals surface area (Å²) < 4.78 is 4.98. The summed E-state index contributed by atoms with van der Waals surface area (Å²) in [4.78, 5) is 1.26. The molecule has 0 saturated heterocycles. The summed E-state index contributed by atoms with van der Waals surface area (Å²) in [6.45, 7) is 4.33. The highest BCUT2D eigenvalue weighted by Gasteiger charge is 1.98. The van der Waals surface area contributed by atoms with Gasteiger partial charge in [0.25, 0.3) is 0 Å². The van der Waals surface area contributed by atoms with Crippen LogP contribution in [0.1, 0.15) is 18.9 Å². The van der Waals surface area contributed by atoms with Gasteiger partial charge in [0.1, 0.15) is 0 Å². The van der Waals surface area contributed by atoms with Gasteiger partial charge in [-0.1, -0.05) is 12.1 Å². The van der Waals surface area contributed by atoms with E-state index in [0.717, 1.165) is 31.9 Å². The van der Waals surface area contributed by atoms with Gasteiger partial charge in [-0.05, 0) is 31.0 Å². The van der Waals surface area contributed by atoms with Gasteiger partial charge in [0.2, 0.25) is 0 Å². The van der Waals surface area contributed by atoms with Crippen LogP contribution in [0.25, 0.3) is 0 Å². The Labute approximate surface area is 114 Å². The molecule has 0 heterocycles. The second-order valence-electron chi connectivity index (χ2n) is 4.30. The number of thioether (sulfide) groups is 1. The molecule has 0 spiro atoms. The fraction of sp³-hybridized carbons (Fsp3) is 0.571. The molecule has 1 unspecified atom stereocenters. The molecular formula is C14H23NO2S. The third-order valence-electron chi connectivity index (χ3n) is 2.54. The van der Waals surface area contributed by atoms with Crippen LogP contribution in [-0.4, -0.2) is 37.2 Å². The molecule has 0 aliphatic heterocycles. The zero-order valence-electron chi connectivity index (χ0n) is 11.2. The van der Waals surface area contributed by atoms with Gasteiger partial charge in [-0.2, -0.15) is 0 Å². The Morgan fingerprint density at radius 1 is 1.33 bits per heavy atom. The van der Waals surface area contributed by atoms with Crippen molar-refractivity contribution in [3.05, 3.63) is 29.8 Å². The predicted molar refractivity (Wildman–Crippen MR) is 77.0 cm³/mol. The van der Waals surface area contributed by atoms with Gasteiger partial charge in [0.15, 0.2) is 0 Å². The van der Waals surface area contributed by atoms with Crippen LogP contribution in [-0.2, 0) is 11.3 Å². The lowest BCUT2D eigenvalue weighted by Gasteiger charge is -2.06. The van der Waals surface area contributed by atoms with Gasteiger partial charge < -0.3 is 15.2 Å². The van der Waals surface area contributed by atoms with Crippen LogP contribution in [0.2, 0.25) is 0 Å². The molecule has 0 amide bonds. The highest BCUT2D eigenvalue weighted by atomic mass is 32.2. The number of hydrogen-bond acceptors (Lipinski definition) is 4. The lowest BCUT2D eigenvalue weighted by atomic mass is 10.2. The summed E-state index contributed by atoms with van der Waals surface area (Å²) in [6, 6.07) is 8.56. The third-order valence-corrected chi connectivity index (χ3v) is 3.59. The minimum atomic E-state index is -0.207. The SMILES string of the molecule is COCCNCc1ccc(SCCC(C)O)cc1. The van der Waals surface area contributed by atoms with Crippen LogP contribution in [0.3, 0.4) is 0 Å². The first-order valence-electron chi connectivity index (χ1n) is 6.32. The molecule has 1 aromatic carbocycles.